The molecule has 11 heteroatoms. The van der Waals surface area contributed by atoms with E-state index in [1.54, 1.807) is 28.6 Å². The number of benzene rings is 1. The van der Waals surface area contributed by atoms with Crippen molar-refractivity contribution in [2.24, 2.45) is 11.8 Å². The Labute approximate surface area is 232 Å². The molecule has 0 bridgehead atoms. The van der Waals surface area contributed by atoms with Crippen molar-refractivity contribution >= 4 is 49.6 Å². The molecular formula is C27H34N4O4S3. The van der Waals surface area contributed by atoms with E-state index in [-0.39, 0.29) is 35.6 Å². The Hall–Kier alpha value is -2.60. The molecule has 0 aliphatic heterocycles. The summed E-state index contributed by atoms with van der Waals surface area (Å²) in [5.74, 6) is 0.236. The van der Waals surface area contributed by atoms with Gasteiger partial charge in [0.15, 0.2) is 0 Å². The van der Waals surface area contributed by atoms with Gasteiger partial charge in [0.25, 0.3) is 0 Å². The van der Waals surface area contributed by atoms with E-state index in [0.717, 1.165) is 5.01 Å². The van der Waals surface area contributed by atoms with Crippen LogP contribution in [0.2, 0.25) is 0 Å². The summed E-state index contributed by atoms with van der Waals surface area (Å²) in [4.78, 5) is 25.1. The molecule has 3 heterocycles. The lowest BCUT2D eigenvalue weighted by Gasteiger charge is -2.35. The van der Waals surface area contributed by atoms with Crippen LogP contribution in [0.3, 0.4) is 0 Å². The van der Waals surface area contributed by atoms with Crippen LogP contribution < -0.4 is 0 Å². The molecule has 0 saturated heterocycles. The molecule has 4 aromatic rings. The first kappa shape index (κ1) is 28.4. The normalized spacial score (nSPS) is 13.2. The first-order valence-electron chi connectivity index (χ1n) is 12.6. The van der Waals surface area contributed by atoms with Crippen LogP contribution in [-0.4, -0.2) is 52.6 Å². The summed E-state index contributed by atoms with van der Waals surface area (Å²) < 4.78 is 35.4. The molecule has 0 saturated carbocycles. The number of amides is 1. The van der Waals surface area contributed by atoms with Crippen LogP contribution in [0.5, 0.6) is 0 Å². The highest BCUT2D eigenvalue weighted by atomic mass is 32.2. The summed E-state index contributed by atoms with van der Waals surface area (Å²) in [5, 5.41) is 5.23. The fourth-order valence-corrected chi connectivity index (χ4v) is 7.20. The molecule has 38 heavy (non-hydrogen) atoms. The molecule has 8 nitrogen and oxygen atoms in total. The third-order valence-corrected chi connectivity index (χ3v) is 9.32. The number of carbonyl (C=O) groups is 1. The molecule has 1 unspecified atom stereocenters. The molecule has 0 spiro atoms. The van der Waals surface area contributed by atoms with Crippen LogP contribution in [-0.2, 0) is 27.8 Å². The zero-order valence-electron chi connectivity index (χ0n) is 22.3. The van der Waals surface area contributed by atoms with E-state index >= 15 is 0 Å². The Bertz CT molecular complexity index is 1450. The molecule has 1 aromatic carbocycles. The van der Waals surface area contributed by atoms with Gasteiger partial charge in [0.1, 0.15) is 11.6 Å². The van der Waals surface area contributed by atoms with Crippen LogP contribution in [0.25, 0.3) is 11.0 Å². The zero-order valence-corrected chi connectivity index (χ0v) is 24.8. The summed E-state index contributed by atoms with van der Waals surface area (Å²) in [6.07, 6.45) is 1.70. The molecule has 4 rings (SSSR count). The van der Waals surface area contributed by atoms with E-state index < -0.39 is 16.1 Å². The number of aryl methyl sites for hydroxylation is 1. The van der Waals surface area contributed by atoms with Crippen molar-refractivity contribution in [3.63, 3.8) is 0 Å². The van der Waals surface area contributed by atoms with E-state index in [1.165, 1.54) is 39.3 Å². The van der Waals surface area contributed by atoms with Gasteiger partial charge in [0.05, 0.1) is 39.6 Å². The number of carbonyl (C=O) groups excluding carboxylic acids is 1. The number of furan rings is 1. The smallest absolute Gasteiger partial charge is 0.244 e. The van der Waals surface area contributed by atoms with Gasteiger partial charge in [-0.25, -0.2) is 18.4 Å². The van der Waals surface area contributed by atoms with Gasteiger partial charge < -0.3 is 9.32 Å². The van der Waals surface area contributed by atoms with Crippen LogP contribution in [0.4, 0.5) is 0 Å². The van der Waals surface area contributed by atoms with Gasteiger partial charge in [-0.15, -0.1) is 22.7 Å². The highest BCUT2D eigenvalue weighted by molar-refractivity contribution is 7.89. The number of rotatable bonds is 12. The lowest BCUT2D eigenvalue weighted by Crippen LogP contribution is -2.53. The maximum absolute atomic E-state index is 14.3. The monoisotopic (exact) mass is 574 g/mol. The summed E-state index contributed by atoms with van der Waals surface area (Å²) in [5.41, 5.74) is 3.59. The SMILES string of the molecule is Cc1nc(CN(C(Cc2cscn2)C(=O)N(CC(C)C)CC(C)C)S(=O)(=O)c2ccc3occc3c2)cs1. The molecule has 1 amide bonds. The molecule has 0 N–H and O–H groups in total. The van der Waals surface area contributed by atoms with Crippen molar-refractivity contribution < 1.29 is 17.6 Å². The number of aromatic nitrogens is 2. The Morgan fingerprint density at radius 2 is 1.79 bits per heavy atom. The number of sulfonamides is 1. The quantitative estimate of drug-likeness (QED) is 0.219. The standard InChI is InChI=1S/C27H34N4O4S3/c1-18(2)12-30(13-19(3)4)27(32)25(11-22-15-36-17-28-22)31(14-23-16-37-20(5)29-23)38(33,34)24-6-7-26-21(10-24)8-9-35-26/h6-10,15-19,25H,11-14H2,1-5H3. The molecule has 1 atom stereocenters. The predicted molar refractivity (Wildman–Crippen MR) is 152 cm³/mol. The van der Waals surface area contributed by atoms with Crippen molar-refractivity contribution in [1.29, 1.82) is 0 Å². The molecular weight excluding hydrogens is 541 g/mol. The summed E-state index contributed by atoms with van der Waals surface area (Å²) >= 11 is 2.88. The van der Waals surface area contributed by atoms with E-state index in [0.29, 0.717) is 35.4 Å². The van der Waals surface area contributed by atoms with E-state index in [1.807, 2.05) is 17.7 Å². The largest absolute Gasteiger partial charge is 0.464 e. The minimum Gasteiger partial charge on any atom is -0.464 e. The van der Waals surface area contributed by atoms with E-state index in [4.69, 9.17) is 4.42 Å². The van der Waals surface area contributed by atoms with Crippen molar-refractivity contribution in [3.8, 4) is 0 Å². The highest BCUT2D eigenvalue weighted by Crippen LogP contribution is 2.28. The van der Waals surface area contributed by atoms with Gasteiger partial charge in [-0.05, 0) is 43.0 Å². The molecule has 204 valence electrons. The molecule has 0 aliphatic carbocycles. The van der Waals surface area contributed by atoms with Crippen LogP contribution in [0.1, 0.15) is 44.1 Å². The second-order valence-electron chi connectivity index (χ2n) is 10.3. The average Bonchev–Trinajstić information content (AvgIpc) is 3.61. The fraction of sp³-hybridized carbons (Fsp3) is 0.444. The Kier molecular flexibility index (Phi) is 9.02. The van der Waals surface area contributed by atoms with Crippen molar-refractivity contribution in [3.05, 3.63) is 63.2 Å². The first-order valence-corrected chi connectivity index (χ1v) is 15.9. The molecule has 0 aliphatic rings. The third-order valence-electron chi connectivity index (χ3n) is 6.02. The van der Waals surface area contributed by atoms with Gasteiger partial charge in [-0.1, -0.05) is 27.7 Å². The highest BCUT2D eigenvalue weighted by Gasteiger charge is 2.39. The lowest BCUT2D eigenvalue weighted by atomic mass is 10.1. The molecule has 3 aromatic heterocycles. The van der Waals surface area contributed by atoms with Crippen molar-refractivity contribution in [2.45, 2.75) is 58.5 Å². The Balaban J connectivity index is 1.83. The average molecular weight is 575 g/mol. The maximum Gasteiger partial charge on any atom is 0.244 e. The number of hydrogen-bond donors (Lipinski definition) is 0. The lowest BCUT2D eigenvalue weighted by molar-refractivity contribution is -0.136. The van der Waals surface area contributed by atoms with Gasteiger partial charge in [0.2, 0.25) is 15.9 Å². The summed E-state index contributed by atoms with van der Waals surface area (Å²) in [7, 11) is -4.11. The number of fused-ring (bicyclic) bond motifs is 1. The van der Waals surface area contributed by atoms with Crippen molar-refractivity contribution in [2.75, 3.05) is 13.1 Å². The maximum atomic E-state index is 14.3. The summed E-state index contributed by atoms with van der Waals surface area (Å²) in [6, 6.07) is 5.52. The van der Waals surface area contributed by atoms with E-state index in [2.05, 4.69) is 37.7 Å². The number of hydrogen-bond acceptors (Lipinski definition) is 8. The first-order chi connectivity index (χ1) is 18.0. The third kappa shape index (κ3) is 6.69. The predicted octanol–water partition coefficient (Wildman–Crippen LogP) is 5.60. The van der Waals surface area contributed by atoms with Crippen LogP contribution in [0.15, 0.2) is 56.1 Å². The molecule has 0 radical (unpaired) electrons. The number of thiazole rings is 2. The molecule has 0 fully saturated rings. The van der Waals surface area contributed by atoms with Crippen LogP contribution in [0, 0.1) is 18.8 Å². The fourth-order valence-electron chi connectivity index (χ4n) is 4.44. The second kappa shape index (κ2) is 12.1. The van der Waals surface area contributed by atoms with Gasteiger partial charge >= 0.3 is 0 Å². The topological polar surface area (TPSA) is 96.6 Å². The van der Waals surface area contributed by atoms with Crippen molar-refractivity contribution in [1.82, 2.24) is 19.2 Å². The van der Waals surface area contributed by atoms with E-state index in [9.17, 15) is 13.2 Å². The Morgan fingerprint density at radius 1 is 1.05 bits per heavy atom. The van der Waals surface area contributed by atoms with Crippen LogP contribution >= 0.6 is 22.7 Å². The summed E-state index contributed by atoms with van der Waals surface area (Å²) in [6.45, 7) is 11.2. The van der Waals surface area contributed by atoms with Gasteiger partial charge in [-0.3, -0.25) is 4.79 Å². The zero-order chi connectivity index (χ0) is 27.4. The van der Waals surface area contributed by atoms with Gasteiger partial charge in [0, 0.05) is 35.7 Å². The van der Waals surface area contributed by atoms with Gasteiger partial charge in [-0.2, -0.15) is 4.31 Å². The Morgan fingerprint density at radius 3 is 2.39 bits per heavy atom. The number of nitrogens with zero attached hydrogens (tertiary/aromatic N) is 4. The second-order valence-corrected chi connectivity index (χ2v) is 13.9. The minimum atomic E-state index is -4.11. The minimum absolute atomic E-state index is 0.0200.